The lowest BCUT2D eigenvalue weighted by Gasteiger charge is -2.13. The van der Waals surface area contributed by atoms with Gasteiger partial charge in [0.1, 0.15) is 6.79 Å². The second-order valence-electron chi connectivity index (χ2n) is 3.73. The molecule has 0 aliphatic heterocycles. The molecule has 0 amide bonds. The second kappa shape index (κ2) is 8.29. The van der Waals surface area contributed by atoms with Crippen LogP contribution in [0, 0.1) is 11.5 Å². The fraction of sp³-hybridized carbons (Fsp3) is 0.357. The van der Waals surface area contributed by atoms with E-state index < -0.39 is 0 Å². The predicted molar refractivity (Wildman–Crippen MR) is 71.1 cm³/mol. The van der Waals surface area contributed by atoms with Crippen molar-refractivity contribution in [2.45, 2.75) is 6.42 Å². The third kappa shape index (κ3) is 4.58. The van der Waals surface area contributed by atoms with Gasteiger partial charge in [-0.25, -0.2) is 0 Å². The van der Waals surface area contributed by atoms with E-state index in [1.54, 1.807) is 18.1 Å². The lowest BCUT2D eigenvalue weighted by molar-refractivity contribution is -0.0291. The molecule has 18 heavy (non-hydrogen) atoms. The summed E-state index contributed by atoms with van der Waals surface area (Å²) < 4.78 is 10.0. The van der Waals surface area contributed by atoms with Crippen molar-refractivity contribution in [2.24, 2.45) is 0 Å². The van der Waals surface area contributed by atoms with Crippen LogP contribution < -0.4 is 4.90 Å². The Kier molecular flexibility index (Phi) is 6.55. The maximum Gasteiger partial charge on any atom is 0.184 e. The normalized spacial score (nSPS) is 9.78. The van der Waals surface area contributed by atoms with Crippen LogP contribution >= 0.6 is 0 Å². The molecule has 4 heteroatoms. The van der Waals surface area contributed by atoms with Crippen LogP contribution in [0.25, 0.3) is 0 Å². The molecule has 0 saturated carbocycles. The van der Waals surface area contributed by atoms with Crippen LogP contribution in [0.2, 0.25) is 0 Å². The third-order valence-corrected chi connectivity index (χ3v) is 2.42. The van der Waals surface area contributed by atoms with Crippen molar-refractivity contribution in [3.05, 3.63) is 42.5 Å². The van der Waals surface area contributed by atoms with Gasteiger partial charge in [0.2, 0.25) is 0 Å². The molecule has 0 aromatic heterocycles. The molecule has 0 unspecified atom stereocenters. The molecule has 4 nitrogen and oxygen atoms in total. The minimum Gasteiger partial charge on any atom is -0.359 e. The number of nitrogens with zero attached hydrogens (tertiary/aromatic N) is 2. The highest BCUT2D eigenvalue weighted by molar-refractivity contribution is 5.51. The Balaban J connectivity index is 2.51. The summed E-state index contributed by atoms with van der Waals surface area (Å²) in [4.78, 5) is 1.58. The van der Waals surface area contributed by atoms with Gasteiger partial charge in [0, 0.05) is 7.11 Å². The summed E-state index contributed by atoms with van der Waals surface area (Å²) in [6.45, 7) is 5.09. The minimum absolute atomic E-state index is 0.319. The molecule has 0 radical (unpaired) electrons. The van der Waals surface area contributed by atoms with Gasteiger partial charge in [0.05, 0.1) is 18.8 Å². The third-order valence-electron chi connectivity index (χ3n) is 2.42. The van der Waals surface area contributed by atoms with E-state index in [4.69, 9.17) is 14.7 Å². The maximum atomic E-state index is 8.97. The summed E-state index contributed by atoms with van der Waals surface area (Å²) in [5.41, 5.74) is 2.05. The number of anilines is 1. The van der Waals surface area contributed by atoms with Crippen LogP contribution in [-0.2, 0) is 15.9 Å². The summed E-state index contributed by atoms with van der Waals surface area (Å²) in [7, 11) is 1.60. The standard InChI is InChI=1S/C14H18N2O2/c1-3-9-16(11-15)14-6-4-13(5-7-14)8-10-18-12-17-2/h3-7H,1,8-10,12H2,2H3. The first kappa shape index (κ1) is 14.2. The van der Waals surface area contributed by atoms with Gasteiger partial charge in [-0.05, 0) is 24.1 Å². The average molecular weight is 246 g/mol. The number of hydrogen-bond acceptors (Lipinski definition) is 4. The zero-order chi connectivity index (χ0) is 13.2. The monoisotopic (exact) mass is 246 g/mol. The maximum absolute atomic E-state index is 8.97. The van der Waals surface area contributed by atoms with Crippen molar-refractivity contribution in [1.82, 2.24) is 0 Å². The minimum atomic E-state index is 0.319. The van der Waals surface area contributed by atoms with Crippen LogP contribution in [-0.4, -0.2) is 27.1 Å². The van der Waals surface area contributed by atoms with Gasteiger partial charge in [-0.3, -0.25) is 4.90 Å². The molecule has 0 heterocycles. The first-order valence-corrected chi connectivity index (χ1v) is 5.75. The Morgan fingerprint density at radius 1 is 1.39 bits per heavy atom. The molecular weight excluding hydrogens is 228 g/mol. The van der Waals surface area contributed by atoms with Crippen molar-refractivity contribution in [1.29, 1.82) is 5.26 Å². The van der Waals surface area contributed by atoms with Gasteiger partial charge in [-0.15, -0.1) is 6.58 Å². The van der Waals surface area contributed by atoms with E-state index in [2.05, 4.69) is 12.8 Å². The molecule has 0 aliphatic rings. The molecule has 1 aromatic rings. The van der Waals surface area contributed by atoms with Crippen molar-refractivity contribution >= 4 is 5.69 Å². The van der Waals surface area contributed by atoms with E-state index in [0.29, 0.717) is 19.9 Å². The highest BCUT2D eigenvalue weighted by Crippen LogP contribution is 2.14. The first-order chi connectivity index (χ1) is 8.81. The summed E-state index contributed by atoms with van der Waals surface area (Å²) in [5.74, 6) is 0. The van der Waals surface area contributed by atoms with Crippen molar-refractivity contribution < 1.29 is 9.47 Å². The van der Waals surface area contributed by atoms with Gasteiger partial charge >= 0.3 is 0 Å². The van der Waals surface area contributed by atoms with E-state index in [-0.39, 0.29) is 0 Å². The van der Waals surface area contributed by atoms with Crippen LogP contribution in [0.15, 0.2) is 36.9 Å². The Bertz CT molecular complexity index is 395. The molecule has 96 valence electrons. The van der Waals surface area contributed by atoms with E-state index in [1.807, 2.05) is 24.3 Å². The highest BCUT2D eigenvalue weighted by Gasteiger charge is 2.02. The molecule has 0 N–H and O–H groups in total. The first-order valence-electron chi connectivity index (χ1n) is 5.75. The van der Waals surface area contributed by atoms with E-state index in [0.717, 1.165) is 12.1 Å². The van der Waals surface area contributed by atoms with Crippen LogP contribution in [0.4, 0.5) is 5.69 Å². The van der Waals surface area contributed by atoms with Gasteiger partial charge in [0.25, 0.3) is 0 Å². The molecule has 0 fully saturated rings. The zero-order valence-corrected chi connectivity index (χ0v) is 10.6. The Morgan fingerprint density at radius 3 is 2.67 bits per heavy atom. The summed E-state index contributed by atoms with van der Waals surface area (Å²) in [5, 5.41) is 8.97. The van der Waals surface area contributed by atoms with Gasteiger partial charge in [-0.2, -0.15) is 5.26 Å². The fourth-order valence-electron chi connectivity index (χ4n) is 1.51. The number of benzene rings is 1. The highest BCUT2D eigenvalue weighted by atomic mass is 16.7. The Labute approximate surface area is 108 Å². The molecule has 0 saturated heterocycles. The summed E-state index contributed by atoms with van der Waals surface area (Å²) >= 11 is 0. The quantitative estimate of drug-likeness (QED) is 0.232. The van der Waals surface area contributed by atoms with Crippen molar-refractivity contribution in [2.75, 3.05) is 32.0 Å². The lowest BCUT2D eigenvalue weighted by Crippen LogP contribution is -2.15. The average Bonchev–Trinajstić information content (AvgIpc) is 2.42. The number of rotatable bonds is 8. The molecular formula is C14H18N2O2. The van der Waals surface area contributed by atoms with E-state index in [9.17, 15) is 0 Å². The molecule has 0 bridgehead atoms. The van der Waals surface area contributed by atoms with E-state index in [1.165, 1.54) is 5.56 Å². The number of nitriles is 1. The number of ether oxygens (including phenoxy) is 2. The zero-order valence-electron chi connectivity index (χ0n) is 10.6. The molecule has 0 atom stereocenters. The molecule has 1 rings (SSSR count). The largest absolute Gasteiger partial charge is 0.359 e. The Hall–Kier alpha value is -1.83. The SMILES string of the molecule is C=CCN(C#N)c1ccc(CCOCOC)cc1. The second-order valence-corrected chi connectivity index (χ2v) is 3.73. The van der Waals surface area contributed by atoms with Crippen molar-refractivity contribution in [3.8, 4) is 6.19 Å². The smallest absolute Gasteiger partial charge is 0.184 e. The molecule has 0 spiro atoms. The summed E-state index contributed by atoms with van der Waals surface area (Å²) in [6, 6.07) is 7.86. The van der Waals surface area contributed by atoms with Gasteiger partial charge in [-0.1, -0.05) is 18.2 Å². The molecule has 1 aromatic carbocycles. The molecule has 0 aliphatic carbocycles. The predicted octanol–water partition coefficient (Wildman–Crippen LogP) is 2.32. The van der Waals surface area contributed by atoms with E-state index >= 15 is 0 Å². The van der Waals surface area contributed by atoms with Crippen LogP contribution in [0.5, 0.6) is 0 Å². The summed E-state index contributed by atoms with van der Waals surface area (Å²) in [6.07, 6.45) is 4.65. The fourth-order valence-corrected chi connectivity index (χ4v) is 1.51. The van der Waals surface area contributed by atoms with Crippen LogP contribution in [0.1, 0.15) is 5.56 Å². The van der Waals surface area contributed by atoms with Crippen molar-refractivity contribution in [3.63, 3.8) is 0 Å². The topological polar surface area (TPSA) is 45.5 Å². The lowest BCUT2D eigenvalue weighted by atomic mass is 10.1. The number of methoxy groups -OCH3 is 1. The van der Waals surface area contributed by atoms with Crippen LogP contribution in [0.3, 0.4) is 0 Å². The number of hydrogen-bond donors (Lipinski definition) is 0. The van der Waals surface area contributed by atoms with Gasteiger partial charge in [0.15, 0.2) is 6.19 Å². The van der Waals surface area contributed by atoms with Gasteiger partial charge < -0.3 is 9.47 Å². The Morgan fingerprint density at radius 2 is 2.11 bits per heavy atom.